The van der Waals surface area contributed by atoms with Crippen LogP contribution in [0.5, 0.6) is 17.2 Å². The number of aliphatic hydroxyl groups excluding tert-OH is 1. The van der Waals surface area contributed by atoms with Crippen molar-refractivity contribution >= 4 is 61.7 Å². The SMILES string of the molecule is COc1cc2c(N[C@H](C)c3cccc(Br)c3)nc(C)nc2cc1OCCCCCCCCCCCOc1cc(-c2scnc2C)ccc1CNC(=O)[C@@H]1C[C@@H](O)CN1C(=O)[C@@H](NC(C)=O)C(C)(C)C. The van der Waals surface area contributed by atoms with Gasteiger partial charge in [0.1, 0.15) is 29.5 Å². The number of aromatic nitrogens is 3. The Labute approximate surface area is 419 Å². The number of β-amino-alcohol motifs (C(OH)–C–C–N with tert-alkyl or cyclic N) is 1. The molecule has 0 radical (unpaired) electrons. The third-order valence-corrected chi connectivity index (χ3v) is 13.9. The summed E-state index contributed by atoms with van der Waals surface area (Å²) in [6, 6.07) is 16.5. The number of carbonyl (C=O) groups excluding carboxylic acids is 3. The first kappa shape index (κ1) is 53.0. The van der Waals surface area contributed by atoms with Crippen molar-refractivity contribution < 1.29 is 33.7 Å². The number of rotatable bonds is 24. The summed E-state index contributed by atoms with van der Waals surface area (Å²) in [5, 5.41) is 20.8. The van der Waals surface area contributed by atoms with E-state index >= 15 is 0 Å². The second-order valence-electron chi connectivity index (χ2n) is 19.1. The normalized spacial score (nSPS) is 15.7. The average Bonchev–Trinajstić information content (AvgIpc) is 3.93. The van der Waals surface area contributed by atoms with Crippen LogP contribution >= 0.6 is 27.3 Å². The lowest BCUT2D eigenvalue weighted by Crippen LogP contribution is -2.57. The Bertz CT molecular complexity index is 2530. The molecule has 0 saturated carbocycles. The number of thiazole rings is 1. The van der Waals surface area contributed by atoms with Crippen molar-refractivity contribution in [1.82, 2.24) is 30.5 Å². The van der Waals surface area contributed by atoms with Crippen LogP contribution < -0.4 is 30.2 Å². The van der Waals surface area contributed by atoms with Gasteiger partial charge in [0.25, 0.3) is 0 Å². The van der Waals surface area contributed by atoms with Crippen molar-refractivity contribution in [3.63, 3.8) is 0 Å². The summed E-state index contributed by atoms with van der Waals surface area (Å²) in [6.45, 7) is 14.3. The molecule has 1 aliphatic rings. The summed E-state index contributed by atoms with van der Waals surface area (Å²) in [5.41, 5.74) is 5.93. The van der Waals surface area contributed by atoms with E-state index in [9.17, 15) is 19.5 Å². The van der Waals surface area contributed by atoms with E-state index in [-0.39, 0.29) is 43.3 Å². The molecule has 372 valence electrons. The number of halogens is 1. The number of methoxy groups -OCH3 is 1. The molecule has 3 aromatic carbocycles. The molecular weight excluding hydrogens is 959 g/mol. The summed E-state index contributed by atoms with van der Waals surface area (Å²) in [5.74, 6) is 2.37. The predicted octanol–water partition coefficient (Wildman–Crippen LogP) is 10.4. The van der Waals surface area contributed by atoms with Crippen LogP contribution in [0, 0.1) is 19.3 Å². The van der Waals surface area contributed by atoms with Crippen LogP contribution in [0.15, 0.2) is 64.6 Å². The fourth-order valence-electron chi connectivity index (χ4n) is 8.68. The topological polar surface area (TPSA) is 177 Å². The lowest BCUT2D eigenvalue weighted by atomic mass is 9.85. The van der Waals surface area contributed by atoms with Crippen LogP contribution in [0.2, 0.25) is 0 Å². The van der Waals surface area contributed by atoms with Gasteiger partial charge < -0.3 is 40.2 Å². The van der Waals surface area contributed by atoms with Gasteiger partial charge >= 0.3 is 0 Å². The second kappa shape index (κ2) is 25.0. The molecule has 0 unspecified atom stereocenters. The summed E-state index contributed by atoms with van der Waals surface area (Å²) >= 11 is 5.14. The molecule has 3 amide bonds. The molecule has 0 bridgehead atoms. The van der Waals surface area contributed by atoms with Gasteiger partial charge in [-0.25, -0.2) is 15.0 Å². The molecule has 1 saturated heterocycles. The fraction of sp³-hybridized carbons (Fsp3) is 0.509. The molecule has 4 atom stereocenters. The number of aliphatic hydroxyl groups is 1. The van der Waals surface area contributed by atoms with E-state index in [1.165, 1.54) is 31.1 Å². The maximum absolute atomic E-state index is 13.7. The Kier molecular flexibility index (Phi) is 19.2. The molecule has 14 nitrogen and oxygen atoms in total. The highest BCUT2D eigenvalue weighted by atomic mass is 79.9. The third-order valence-electron chi connectivity index (χ3n) is 12.5. The van der Waals surface area contributed by atoms with Crippen molar-refractivity contribution in [2.45, 2.75) is 143 Å². The molecule has 1 fully saturated rings. The Hall–Kier alpha value is -5.32. The third kappa shape index (κ3) is 14.8. The van der Waals surface area contributed by atoms with Crippen molar-refractivity contribution in [3.05, 3.63) is 87.2 Å². The van der Waals surface area contributed by atoms with Crippen LogP contribution in [-0.2, 0) is 20.9 Å². The molecule has 6 rings (SSSR count). The Morgan fingerprint density at radius 2 is 1.58 bits per heavy atom. The first-order valence-electron chi connectivity index (χ1n) is 24.2. The van der Waals surface area contributed by atoms with E-state index in [1.807, 2.05) is 82.6 Å². The number of fused-ring (bicyclic) bond motifs is 1. The first-order chi connectivity index (χ1) is 33.0. The number of aryl methyl sites for hydroxylation is 2. The summed E-state index contributed by atoms with van der Waals surface area (Å²) in [4.78, 5) is 55.7. The lowest BCUT2D eigenvalue weighted by molar-refractivity contribution is -0.143. The standard InChI is InChI=1S/C53H70BrN7O7S/c1-33(37-19-18-20-40(54)25-37)57-50-42-28-46(66-8)47(29-43(42)58-35(3)59-50)68-24-17-15-13-11-9-10-12-14-16-23-67-45-26-38(48-34(2)56-32-69-48)21-22-39(45)30-55-51(64)44-27-41(63)31-61(44)52(65)49(53(5,6)7)60-36(4)62/h18-22,25-26,28-29,32-33,41,44,49,63H,9-17,23-24,27,30-31H2,1-8H3,(H,55,64)(H,60,62)(H,57,58,59)/t33-,41-,44+,49-/m1/s1. The molecular formula is C53H70BrN7O7S. The van der Waals surface area contributed by atoms with Gasteiger partial charge in [0.15, 0.2) is 11.5 Å². The Morgan fingerprint density at radius 1 is 0.899 bits per heavy atom. The predicted molar refractivity (Wildman–Crippen MR) is 277 cm³/mol. The average molecular weight is 1030 g/mol. The molecule has 0 aliphatic carbocycles. The zero-order valence-corrected chi connectivity index (χ0v) is 43.9. The van der Waals surface area contributed by atoms with Crippen LogP contribution in [0.1, 0.15) is 128 Å². The molecule has 16 heteroatoms. The number of hydrogen-bond donors (Lipinski definition) is 4. The number of nitrogens with zero attached hydrogens (tertiary/aromatic N) is 4. The van der Waals surface area contributed by atoms with Crippen molar-refractivity contribution in [1.29, 1.82) is 0 Å². The van der Waals surface area contributed by atoms with Crippen LogP contribution in [0.4, 0.5) is 5.82 Å². The molecule has 1 aliphatic heterocycles. The van der Waals surface area contributed by atoms with Gasteiger partial charge in [0, 0.05) is 47.9 Å². The van der Waals surface area contributed by atoms with Gasteiger partial charge in [0.2, 0.25) is 17.7 Å². The van der Waals surface area contributed by atoms with E-state index in [2.05, 4.69) is 55.9 Å². The second-order valence-corrected chi connectivity index (χ2v) is 20.9. The number of anilines is 1. The smallest absolute Gasteiger partial charge is 0.246 e. The molecule has 69 heavy (non-hydrogen) atoms. The number of benzene rings is 3. The van der Waals surface area contributed by atoms with Crippen molar-refractivity contribution in [2.24, 2.45) is 5.41 Å². The number of nitrogens with one attached hydrogen (secondary N) is 3. The summed E-state index contributed by atoms with van der Waals surface area (Å²) in [7, 11) is 1.66. The van der Waals surface area contributed by atoms with Gasteiger partial charge in [0.05, 0.1) is 54.1 Å². The van der Waals surface area contributed by atoms with Gasteiger partial charge in [-0.2, -0.15) is 0 Å². The number of hydrogen-bond acceptors (Lipinski definition) is 12. The van der Waals surface area contributed by atoms with E-state index in [0.29, 0.717) is 36.3 Å². The Morgan fingerprint density at radius 3 is 2.20 bits per heavy atom. The van der Waals surface area contributed by atoms with Gasteiger partial charge in [-0.1, -0.05) is 106 Å². The molecule has 3 heterocycles. The summed E-state index contributed by atoms with van der Waals surface area (Å²) < 4.78 is 19.4. The monoisotopic (exact) mass is 1030 g/mol. The minimum absolute atomic E-state index is 0.0191. The highest BCUT2D eigenvalue weighted by Crippen LogP contribution is 2.36. The fourth-order valence-corrected chi connectivity index (χ4v) is 9.90. The van der Waals surface area contributed by atoms with E-state index < -0.39 is 23.6 Å². The van der Waals surface area contributed by atoms with E-state index in [1.54, 1.807) is 18.4 Å². The molecule has 0 spiro atoms. The zero-order valence-electron chi connectivity index (χ0n) is 41.5. The highest BCUT2D eigenvalue weighted by molar-refractivity contribution is 9.10. The van der Waals surface area contributed by atoms with E-state index in [4.69, 9.17) is 24.2 Å². The molecule has 2 aromatic heterocycles. The number of likely N-dealkylation sites (tertiary alicyclic amines) is 1. The number of unbranched alkanes of at least 4 members (excludes halogenated alkanes) is 8. The molecule has 5 aromatic rings. The lowest BCUT2D eigenvalue weighted by Gasteiger charge is -2.35. The highest BCUT2D eigenvalue weighted by Gasteiger charge is 2.44. The first-order valence-corrected chi connectivity index (χ1v) is 25.9. The van der Waals surface area contributed by atoms with Crippen LogP contribution in [-0.4, -0.2) is 87.7 Å². The maximum Gasteiger partial charge on any atom is 0.246 e. The minimum Gasteiger partial charge on any atom is -0.493 e. The minimum atomic E-state index is -0.869. The van der Waals surface area contributed by atoms with Crippen LogP contribution in [0.25, 0.3) is 21.3 Å². The van der Waals surface area contributed by atoms with Crippen molar-refractivity contribution in [2.75, 3.05) is 32.2 Å². The molecule has 4 N–H and O–H groups in total. The number of carbonyl (C=O) groups is 3. The van der Waals surface area contributed by atoms with E-state index in [0.717, 1.165) is 87.0 Å². The maximum atomic E-state index is 13.7. The quantitative estimate of drug-likeness (QED) is 0.0433. The number of amides is 3. The Balaban J connectivity index is 0.921. The number of ether oxygens (including phenoxy) is 3. The van der Waals surface area contributed by atoms with Gasteiger partial charge in [-0.3, -0.25) is 14.4 Å². The van der Waals surface area contributed by atoms with Gasteiger partial charge in [-0.15, -0.1) is 11.3 Å². The van der Waals surface area contributed by atoms with Crippen LogP contribution in [0.3, 0.4) is 0 Å². The summed E-state index contributed by atoms with van der Waals surface area (Å²) in [6.07, 6.45) is 9.06. The largest absolute Gasteiger partial charge is 0.493 e. The van der Waals surface area contributed by atoms with Gasteiger partial charge in [-0.05, 0) is 74.4 Å². The van der Waals surface area contributed by atoms with Crippen molar-refractivity contribution in [3.8, 4) is 27.7 Å². The zero-order chi connectivity index (χ0) is 49.7.